The van der Waals surface area contributed by atoms with E-state index in [2.05, 4.69) is 17.5 Å². The van der Waals surface area contributed by atoms with Crippen LogP contribution < -0.4 is 4.74 Å². The highest BCUT2D eigenvalue weighted by molar-refractivity contribution is 7.13. The molecular formula is C12H8OS. The van der Waals surface area contributed by atoms with Crippen LogP contribution in [0.1, 0.15) is 5.56 Å². The normalized spacial score (nSPS) is 12.6. The number of ether oxygens (including phenoxy) is 1. The Kier molecular flexibility index (Phi) is 1.67. The Morgan fingerprint density at radius 3 is 3.00 bits per heavy atom. The van der Waals surface area contributed by atoms with Gasteiger partial charge in [0.1, 0.15) is 5.75 Å². The van der Waals surface area contributed by atoms with E-state index in [0.29, 0.717) is 0 Å². The lowest BCUT2D eigenvalue weighted by Gasteiger charge is -2.03. The molecule has 1 aliphatic heterocycles. The first kappa shape index (κ1) is 7.83. The summed E-state index contributed by atoms with van der Waals surface area (Å²) < 4.78 is 5.52. The predicted molar refractivity (Wildman–Crippen MR) is 59.4 cm³/mol. The Balaban J connectivity index is 2.33. The molecule has 0 aliphatic carbocycles. The molecule has 2 heteroatoms. The Labute approximate surface area is 86.3 Å². The van der Waals surface area contributed by atoms with Crippen molar-refractivity contribution >= 4 is 17.4 Å². The molecule has 0 saturated carbocycles. The third-order valence-electron chi connectivity index (χ3n) is 2.27. The van der Waals surface area contributed by atoms with Crippen LogP contribution in [0.2, 0.25) is 0 Å². The number of rotatable bonds is 0. The average Bonchev–Trinajstić information content (AvgIpc) is 2.61. The molecule has 0 atom stereocenters. The van der Waals surface area contributed by atoms with Gasteiger partial charge in [0.15, 0.2) is 0 Å². The van der Waals surface area contributed by atoms with Crippen molar-refractivity contribution in [3.63, 3.8) is 0 Å². The average molecular weight is 200 g/mol. The standard InChI is InChI=1S/C12H8OS/c1-2-4-11-10(3-1)12-9(5-7-13-11)6-8-14-12/h1-8H. The van der Waals surface area contributed by atoms with Crippen molar-refractivity contribution in [1.29, 1.82) is 0 Å². The monoisotopic (exact) mass is 200 g/mol. The quantitative estimate of drug-likeness (QED) is 0.629. The van der Waals surface area contributed by atoms with Gasteiger partial charge < -0.3 is 4.74 Å². The van der Waals surface area contributed by atoms with Crippen LogP contribution in [-0.4, -0.2) is 0 Å². The number of fused-ring (bicyclic) bond motifs is 3. The number of hydrogen-bond acceptors (Lipinski definition) is 2. The maximum atomic E-state index is 5.52. The molecule has 0 amide bonds. The molecule has 68 valence electrons. The molecule has 0 unspecified atom stereocenters. The van der Waals surface area contributed by atoms with E-state index in [1.807, 2.05) is 24.3 Å². The summed E-state index contributed by atoms with van der Waals surface area (Å²) >= 11 is 1.75. The second kappa shape index (κ2) is 3.00. The fourth-order valence-corrected chi connectivity index (χ4v) is 2.53. The van der Waals surface area contributed by atoms with E-state index < -0.39 is 0 Å². The molecule has 2 heterocycles. The minimum Gasteiger partial charge on any atom is -0.464 e. The number of para-hydroxylation sites is 1. The summed E-state index contributed by atoms with van der Waals surface area (Å²) in [5, 5.41) is 2.11. The van der Waals surface area contributed by atoms with Crippen LogP contribution in [0.5, 0.6) is 5.75 Å². The molecule has 1 aliphatic rings. The summed E-state index contributed by atoms with van der Waals surface area (Å²) in [5.74, 6) is 0.935. The summed E-state index contributed by atoms with van der Waals surface area (Å²) in [6.07, 6.45) is 3.75. The highest BCUT2D eigenvalue weighted by Gasteiger charge is 2.12. The van der Waals surface area contributed by atoms with E-state index in [1.54, 1.807) is 17.6 Å². The lowest BCUT2D eigenvalue weighted by molar-refractivity contribution is 0.488. The van der Waals surface area contributed by atoms with Gasteiger partial charge in [0.25, 0.3) is 0 Å². The molecule has 0 fully saturated rings. The summed E-state index contributed by atoms with van der Waals surface area (Å²) in [6, 6.07) is 10.2. The molecule has 0 radical (unpaired) electrons. The second-order valence-electron chi connectivity index (χ2n) is 3.12. The van der Waals surface area contributed by atoms with Crippen LogP contribution in [-0.2, 0) is 0 Å². The number of benzene rings is 1. The maximum absolute atomic E-state index is 5.52. The van der Waals surface area contributed by atoms with Crippen LogP contribution in [0, 0.1) is 0 Å². The van der Waals surface area contributed by atoms with Gasteiger partial charge >= 0.3 is 0 Å². The largest absolute Gasteiger partial charge is 0.464 e. The van der Waals surface area contributed by atoms with Crippen LogP contribution in [0.3, 0.4) is 0 Å². The number of hydrogen-bond donors (Lipinski definition) is 0. The SMILES string of the molecule is C1=Cc2ccsc2-c2ccccc2O1. The van der Waals surface area contributed by atoms with Gasteiger partial charge in [-0.1, -0.05) is 12.1 Å². The van der Waals surface area contributed by atoms with Gasteiger partial charge in [0, 0.05) is 10.4 Å². The lowest BCUT2D eigenvalue weighted by atomic mass is 10.1. The molecule has 1 aromatic heterocycles. The molecule has 2 aromatic rings. The molecule has 1 aromatic carbocycles. The topological polar surface area (TPSA) is 9.23 Å². The smallest absolute Gasteiger partial charge is 0.135 e. The number of thiophene rings is 1. The molecule has 0 bridgehead atoms. The Hall–Kier alpha value is -1.54. The molecule has 14 heavy (non-hydrogen) atoms. The Morgan fingerprint density at radius 2 is 2.00 bits per heavy atom. The van der Waals surface area contributed by atoms with Crippen LogP contribution in [0.25, 0.3) is 16.5 Å². The van der Waals surface area contributed by atoms with Crippen molar-refractivity contribution in [1.82, 2.24) is 0 Å². The Bertz CT molecular complexity index is 497. The van der Waals surface area contributed by atoms with Gasteiger partial charge in [-0.25, -0.2) is 0 Å². The molecule has 0 spiro atoms. The van der Waals surface area contributed by atoms with Gasteiger partial charge in [-0.3, -0.25) is 0 Å². The molecule has 1 nitrogen and oxygen atoms in total. The molecule has 0 N–H and O–H groups in total. The summed E-state index contributed by atoms with van der Waals surface area (Å²) in [5.41, 5.74) is 2.42. The summed E-state index contributed by atoms with van der Waals surface area (Å²) in [7, 11) is 0. The zero-order chi connectivity index (χ0) is 9.38. The lowest BCUT2D eigenvalue weighted by Crippen LogP contribution is -1.81. The summed E-state index contributed by atoms with van der Waals surface area (Å²) in [4.78, 5) is 1.29. The van der Waals surface area contributed by atoms with Crippen LogP contribution >= 0.6 is 11.3 Å². The van der Waals surface area contributed by atoms with Gasteiger partial charge in [0.2, 0.25) is 0 Å². The van der Waals surface area contributed by atoms with Gasteiger partial charge in [-0.2, -0.15) is 0 Å². The van der Waals surface area contributed by atoms with E-state index in [0.717, 1.165) is 5.75 Å². The fourth-order valence-electron chi connectivity index (χ4n) is 1.61. The van der Waals surface area contributed by atoms with Gasteiger partial charge in [0.05, 0.1) is 6.26 Å². The zero-order valence-electron chi connectivity index (χ0n) is 7.44. The fraction of sp³-hybridized carbons (Fsp3) is 0. The van der Waals surface area contributed by atoms with E-state index >= 15 is 0 Å². The third-order valence-corrected chi connectivity index (χ3v) is 3.23. The minimum absolute atomic E-state index is 0.935. The second-order valence-corrected chi connectivity index (χ2v) is 4.04. The maximum Gasteiger partial charge on any atom is 0.135 e. The zero-order valence-corrected chi connectivity index (χ0v) is 8.25. The van der Waals surface area contributed by atoms with Crippen molar-refractivity contribution in [3.8, 4) is 16.2 Å². The van der Waals surface area contributed by atoms with Gasteiger partial charge in [-0.15, -0.1) is 11.3 Å². The van der Waals surface area contributed by atoms with E-state index in [9.17, 15) is 0 Å². The highest BCUT2D eigenvalue weighted by atomic mass is 32.1. The molecule has 3 rings (SSSR count). The van der Waals surface area contributed by atoms with Crippen molar-refractivity contribution in [3.05, 3.63) is 47.5 Å². The first-order valence-electron chi connectivity index (χ1n) is 4.45. The van der Waals surface area contributed by atoms with Crippen LogP contribution in [0.15, 0.2) is 42.0 Å². The first-order chi connectivity index (χ1) is 6.95. The van der Waals surface area contributed by atoms with Crippen molar-refractivity contribution in [2.24, 2.45) is 0 Å². The van der Waals surface area contributed by atoms with E-state index in [-0.39, 0.29) is 0 Å². The van der Waals surface area contributed by atoms with E-state index in [4.69, 9.17) is 4.74 Å². The minimum atomic E-state index is 0.935. The summed E-state index contributed by atoms with van der Waals surface area (Å²) in [6.45, 7) is 0. The van der Waals surface area contributed by atoms with Crippen molar-refractivity contribution in [2.45, 2.75) is 0 Å². The first-order valence-corrected chi connectivity index (χ1v) is 5.33. The predicted octanol–water partition coefficient (Wildman–Crippen LogP) is 3.78. The van der Waals surface area contributed by atoms with E-state index in [1.165, 1.54) is 16.0 Å². The molecule has 0 saturated heterocycles. The highest BCUT2D eigenvalue weighted by Crippen LogP contribution is 2.38. The van der Waals surface area contributed by atoms with Crippen LogP contribution in [0.4, 0.5) is 0 Å². The third kappa shape index (κ3) is 1.08. The molecular weight excluding hydrogens is 192 g/mol. The van der Waals surface area contributed by atoms with Gasteiger partial charge in [-0.05, 0) is 35.2 Å². The van der Waals surface area contributed by atoms with Crippen molar-refractivity contribution in [2.75, 3.05) is 0 Å². The Morgan fingerprint density at radius 1 is 1.07 bits per heavy atom. The van der Waals surface area contributed by atoms with Crippen molar-refractivity contribution < 1.29 is 4.74 Å².